The van der Waals surface area contributed by atoms with E-state index in [1.807, 2.05) is 6.07 Å². The number of hydrogen-bond acceptors (Lipinski definition) is 3. The number of primary amides is 1. The van der Waals surface area contributed by atoms with Gasteiger partial charge in [0, 0.05) is 0 Å². The summed E-state index contributed by atoms with van der Waals surface area (Å²) in [6.45, 7) is 4.12. The second kappa shape index (κ2) is 7.55. The minimum atomic E-state index is -0.659. The van der Waals surface area contributed by atoms with Crippen LogP contribution in [-0.2, 0) is 12.8 Å². The highest BCUT2D eigenvalue weighted by atomic mass is 16.3. The van der Waals surface area contributed by atoms with Crippen molar-refractivity contribution in [3.8, 4) is 5.75 Å². The van der Waals surface area contributed by atoms with Crippen molar-refractivity contribution in [3.05, 3.63) is 41.0 Å². The number of benzene rings is 1. The molecule has 2 atom stereocenters. The van der Waals surface area contributed by atoms with E-state index >= 15 is 0 Å². The van der Waals surface area contributed by atoms with Crippen LogP contribution in [0.4, 0.5) is 0 Å². The molecule has 152 valence electrons. The Labute approximate surface area is 167 Å². The Morgan fingerprint density at radius 1 is 1.18 bits per heavy atom. The summed E-state index contributed by atoms with van der Waals surface area (Å²) in [6.07, 6.45) is 10.8. The first kappa shape index (κ1) is 19.5. The first-order valence-electron chi connectivity index (χ1n) is 10.9. The number of carbonyl (C=O) groups excluding carboxylic acids is 1. The standard InChI is InChI=1S/C24H33NO3/c1-15-9-11-24(28,12-10-15)21-14-17-7-8-20(23(25)27)22(26)19(17)4-2-3-18(21)13-16-5-6-16/h7-8,16,18,21,26,28H,1-6,9-14H2,(H2,25,27). The van der Waals surface area contributed by atoms with Crippen molar-refractivity contribution in [2.45, 2.75) is 76.2 Å². The van der Waals surface area contributed by atoms with E-state index in [0.29, 0.717) is 5.92 Å². The molecule has 2 unspecified atom stereocenters. The summed E-state index contributed by atoms with van der Waals surface area (Å²) in [5, 5.41) is 22.4. The van der Waals surface area contributed by atoms with Gasteiger partial charge in [-0.2, -0.15) is 0 Å². The Balaban J connectivity index is 1.68. The number of aliphatic hydroxyl groups is 1. The summed E-state index contributed by atoms with van der Waals surface area (Å²) in [4.78, 5) is 11.6. The summed E-state index contributed by atoms with van der Waals surface area (Å²) >= 11 is 0. The van der Waals surface area contributed by atoms with E-state index in [1.165, 1.54) is 24.8 Å². The minimum absolute atomic E-state index is 0.0494. The molecule has 4 nitrogen and oxygen atoms in total. The highest BCUT2D eigenvalue weighted by molar-refractivity contribution is 5.96. The second-order valence-electron chi connectivity index (χ2n) is 9.46. The van der Waals surface area contributed by atoms with Crippen LogP contribution in [0.15, 0.2) is 24.3 Å². The van der Waals surface area contributed by atoms with Crippen LogP contribution in [0.2, 0.25) is 0 Å². The van der Waals surface area contributed by atoms with Crippen LogP contribution in [-0.4, -0.2) is 21.7 Å². The molecule has 28 heavy (non-hydrogen) atoms. The Bertz CT molecular complexity index is 770. The summed E-state index contributed by atoms with van der Waals surface area (Å²) < 4.78 is 0. The molecular formula is C24H33NO3. The van der Waals surface area contributed by atoms with Crippen molar-refractivity contribution in [1.82, 2.24) is 0 Å². The molecule has 0 heterocycles. The molecule has 4 rings (SSSR count). The lowest BCUT2D eigenvalue weighted by atomic mass is 9.64. The van der Waals surface area contributed by atoms with Gasteiger partial charge < -0.3 is 15.9 Å². The van der Waals surface area contributed by atoms with Crippen molar-refractivity contribution < 1.29 is 15.0 Å². The van der Waals surface area contributed by atoms with Crippen LogP contribution in [0, 0.1) is 17.8 Å². The molecule has 4 heteroatoms. The van der Waals surface area contributed by atoms with Gasteiger partial charge in [-0.05, 0) is 92.7 Å². The van der Waals surface area contributed by atoms with E-state index in [-0.39, 0.29) is 17.2 Å². The van der Waals surface area contributed by atoms with Crippen LogP contribution in [0.3, 0.4) is 0 Å². The summed E-state index contributed by atoms with van der Waals surface area (Å²) in [7, 11) is 0. The molecule has 3 aliphatic carbocycles. The van der Waals surface area contributed by atoms with Crippen LogP contribution >= 0.6 is 0 Å². The average Bonchev–Trinajstić information content (AvgIpc) is 3.45. The van der Waals surface area contributed by atoms with Gasteiger partial charge in [-0.25, -0.2) is 0 Å². The lowest BCUT2D eigenvalue weighted by Crippen LogP contribution is -2.45. The summed E-state index contributed by atoms with van der Waals surface area (Å²) in [6, 6.07) is 3.60. The largest absolute Gasteiger partial charge is 0.507 e. The van der Waals surface area contributed by atoms with Gasteiger partial charge in [-0.1, -0.05) is 31.1 Å². The first-order chi connectivity index (χ1) is 13.4. The molecule has 0 bridgehead atoms. The van der Waals surface area contributed by atoms with Gasteiger partial charge in [0.25, 0.3) is 5.91 Å². The SMILES string of the molecule is C=C1CCC(O)(C2Cc3ccc(C(N)=O)c(O)c3CCCC2CC2CC2)CC1. The number of amides is 1. The van der Waals surface area contributed by atoms with E-state index < -0.39 is 11.5 Å². The number of allylic oxidation sites excluding steroid dienone is 1. The fourth-order valence-corrected chi connectivity index (χ4v) is 5.59. The van der Waals surface area contributed by atoms with Crippen LogP contribution in [0.5, 0.6) is 5.75 Å². The monoisotopic (exact) mass is 383 g/mol. The number of rotatable bonds is 4. The topological polar surface area (TPSA) is 83.5 Å². The molecule has 1 aromatic rings. The number of carbonyl (C=O) groups is 1. The highest BCUT2D eigenvalue weighted by Crippen LogP contribution is 2.48. The van der Waals surface area contributed by atoms with Crippen molar-refractivity contribution >= 4 is 5.91 Å². The quantitative estimate of drug-likeness (QED) is 0.679. The number of phenols is 1. The predicted molar refractivity (Wildman–Crippen MR) is 110 cm³/mol. The molecule has 0 radical (unpaired) electrons. The lowest BCUT2D eigenvalue weighted by Gasteiger charge is -2.45. The van der Waals surface area contributed by atoms with Gasteiger partial charge in [0.1, 0.15) is 5.75 Å². The van der Waals surface area contributed by atoms with Crippen LogP contribution in [0.1, 0.15) is 79.3 Å². The first-order valence-corrected chi connectivity index (χ1v) is 10.9. The zero-order chi connectivity index (χ0) is 19.9. The van der Waals surface area contributed by atoms with E-state index in [0.717, 1.165) is 68.4 Å². The fourth-order valence-electron chi connectivity index (χ4n) is 5.59. The van der Waals surface area contributed by atoms with Gasteiger partial charge in [-0.3, -0.25) is 4.79 Å². The number of hydrogen-bond donors (Lipinski definition) is 3. The Hall–Kier alpha value is -1.81. The Kier molecular flexibility index (Phi) is 5.26. The smallest absolute Gasteiger partial charge is 0.252 e. The number of nitrogens with two attached hydrogens (primary N) is 1. The van der Waals surface area contributed by atoms with E-state index in [2.05, 4.69) is 6.58 Å². The molecule has 0 aliphatic heterocycles. The van der Waals surface area contributed by atoms with Crippen LogP contribution in [0.25, 0.3) is 0 Å². The molecule has 0 aromatic heterocycles. The summed E-state index contributed by atoms with van der Waals surface area (Å²) in [5.41, 5.74) is 8.16. The van der Waals surface area contributed by atoms with E-state index in [9.17, 15) is 15.0 Å². The fraction of sp³-hybridized carbons (Fsp3) is 0.625. The third kappa shape index (κ3) is 3.84. The molecule has 0 saturated heterocycles. The molecule has 1 aromatic carbocycles. The normalized spacial score (nSPS) is 27.5. The molecule has 4 N–H and O–H groups in total. The Morgan fingerprint density at radius 3 is 2.54 bits per heavy atom. The summed E-state index contributed by atoms with van der Waals surface area (Å²) in [5.74, 6) is 1.01. The number of fused-ring (bicyclic) bond motifs is 1. The molecule has 2 saturated carbocycles. The predicted octanol–water partition coefficient (Wildman–Crippen LogP) is 4.26. The van der Waals surface area contributed by atoms with E-state index in [4.69, 9.17) is 5.73 Å². The lowest BCUT2D eigenvalue weighted by molar-refractivity contribution is -0.0677. The van der Waals surface area contributed by atoms with E-state index in [1.54, 1.807) is 6.07 Å². The zero-order valence-electron chi connectivity index (χ0n) is 16.8. The third-order valence-corrected chi connectivity index (χ3v) is 7.50. The van der Waals surface area contributed by atoms with Gasteiger partial charge >= 0.3 is 0 Å². The maximum Gasteiger partial charge on any atom is 0.252 e. The van der Waals surface area contributed by atoms with Crippen molar-refractivity contribution in [2.24, 2.45) is 23.5 Å². The highest BCUT2D eigenvalue weighted by Gasteiger charge is 2.44. The van der Waals surface area contributed by atoms with Crippen molar-refractivity contribution in [3.63, 3.8) is 0 Å². The van der Waals surface area contributed by atoms with Crippen molar-refractivity contribution in [1.29, 1.82) is 0 Å². The van der Waals surface area contributed by atoms with Gasteiger partial charge in [0.05, 0.1) is 11.2 Å². The molecule has 2 fully saturated rings. The van der Waals surface area contributed by atoms with Gasteiger partial charge in [0.2, 0.25) is 0 Å². The zero-order valence-corrected chi connectivity index (χ0v) is 16.8. The average molecular weight is 384 g/mol. The minimum Gasteiger partial charge on any atom is -0.507 e. The van der Waals surface area contributed by atoms with Crippen molar-refractivity contribution in [2.75, 3.05) is 0 Å². The van der Waals surface area contributed by atoms with Gasteiger partial charge in [-0.15, -0.1) is 0 Å². The third-order valence-electron chi connectivity index (χ3n) is 7.50. The van der Waals surface area contributed by atoms with Gasteiger partial charge in [0.15, 0.2) is 0 Å². The van der Waals surface area contributed by atoms with Crippen LogP contribution < -0.4 is 5.73 Å². The maximum absolute atomic E-state index is 11.7. The molecular weight excluding hydrogens is 350 g/mol. The maximum atomic E-state index is 11.7. The molecule has 0 spiro atoms. The number of aromatic hydroxyl groups is 1. The Morgan fingerprint density at radius 2 is 1.89 bits per heavy atom. The molecule has 1 amide bonds. The molecule has 3 aliphatic rings. The second-order valence-corrected chi connectivity index (χ2v) is 9.46.